The Hall–Kier alpha value is -4.40. The van der Waals surface area contributed by atoms with Crippen molar-refractivity contribution in [2.24, 2.45) is 0 Å². The Kier molecular flexibility index (Phi) is 7.58. The molecule has 3 heterocycles. The van der Waals surface area contributed by atoms with Gasteiger partial charge in [-0.2, -0.15) is 5.26 Å². The molecule has 216 valence electrons. The first-order chi connectivity index (χ1) is 20.3. The highest BCUT2D eigenvalue weighted by Crippen LogP contribution is 2.31. The average molecular weight is 577 g/mol. The van der Waals surface area contributed by atoms with Gasteiger partial charge in [-0.05, 0) is 73.3 Å². The fourth-order valence-electron chi connectivity index (χ4n) is 5.56. The van der Waals surface area contributed by atoms with E-state index in [1.54, 1.807) is 12.1 Å². The number of rotatable bonds is 9. The van der Waals surface area contributed by atoms with Gasteiger partial charge < -0.3 is 19.1 Å². The van der Waals surface area contributed by atoms with Gasteiger partial charge in [-0.1, -0.05) is 6.07 Å². The van der Waals surface area contributed by atoms with Crippen LogP contribution in [-0.4, -0.2) is 51.3 Å². The number of hydrogen-bond acceptors (Lipinski definition) is 6. The number of aromatic nitrogens is 2. The van der Waals surface area contributed by atoms with E-state index >= 15 is 0 Å². The van der Waals surface area contributed by atoms with Crippen LogP contribution in [0.4, 0.5) is 13.2 Å². The van der Waals surface area contributed by atoms with Crippen LogP contribution < -0.4 is 4.74 Å². The molecule has 11 heteroatoms. The Morgan fingerprint density at radius 2 is 1.93 bits per heavy atom. The van der Waals surface area contributed by atoms with Crippen molar-refractivity contribution >= 4 is 17.0 Å². The van der Waals surface area contributed by atoms with E-state index in [9.17, 15) is 23.1 Å². The van der Waals surface area contributed by atoms with Crippen molar-refractivity contribution in [3.63, 3.8) is 0 Å². The number of carboxylic acid groups (broad SMARTS) is 1. The number of halogens is 3. The summed E-state index contributed by atoms with van der Waals surface area (Å²) in [6.07, 6.45) is 1.63. The van der Waals surface area contributed by atoms with E-state index in [1.807, 2.05) is 10.6 Å². The molecule has 2 atom stereocenters. The molecule has 1 unspecified atom stereocenters. The van der Waals surface area contributed by atoms with Crippen LogP contribution in [0.5, 0.6) is 5.75 Å². The lowest BCUT2D eigenvalue weighted by Crippen LogP contribution is -2.32. The molecule has 1 N–H and O–H groups in total. The van der Waals surface area contributed by atoms with Crippen molar-refractivity contribution in [3.05, 3.63) is 94.1 Å². The molecule has 2 fully saturated rings. The molecule has 42 heavy (non-hydrogen) atoms. The molecule has 0 amide bonds. The number of aromatic carboxylic acids is 1. The minimum absolute atomic E-state index is 0.0402. The summed E-state index contributed by atoms with van der Waals surface area (Å²) >= 11 is 0. The first-order valence-electron chi connectivity index (χ1n) is 13.7. The summed E-state index contributed by atoms with van der Waals surface area (Å²) in [6, 6.07) is 13.0. The number of benzene rings is 3. The van der Waals surface area contributed by atoms with Crippen molar-refractivity contribution in [2.45, 2.75) is 44.6 Å². The number of imidazole rings is 1. The fraction of sp³-hybridized carbons (Fsp3) is 0.323. The molecule has 4 aromatic rings. The fourth-order valence-corrected chi connectivity index (χ4v) is 5.56. The Bertz CT molecular complexity index is 1710. The van der Waals surface area contributed by atoms with E-state index in [1.165, 1.54) is 24.3 Å². The minimum Gasteiger partial charge on any atom is -0.486 e. The number of carboxylic acids is 1. The normalized spacial score (nSPS) is 18.6. The average Bonchev–Trinajstić information content (AvgIpc) is 3.55. The van der Waals surface area contributed by atoms with Crippen molar-refractivity contribution < 1.29 is 32.5 Å². The molecule has 6 rings (SSSR count). The number of ether oxygens (including phenoxy) is 2. The molecular formula is C31H27F3N4O4. The summed E-state index contributed by atoms with van der Waals surface area (Å²) in [5.41, 5.74) is 1.80. The zero-order valence-electron chi connectivity index (χ0n) is 22.5. The van der Waals surface area contributed by atoms with Crippen molar-refractivity contribution in [3.8, 4) is 11.8 Å². The first-order valence-corrected chi connectivity index (χ1v) is 13.7. The van der Waals surface area contributed by atoms with Gasteiger partial charge >= 0.3 is 5.97 Å². The summed E-state index contributed by atoms with van der Waals surface area (Å²) in [4.78, 5) is 18.3. The number of fused-ring (bicyclic) bond motifs is 1. The van der Waals surface area contributed by atoms with Crippen molar-refractivity contribution in [2.75, 3.05) is 19.7 Å². The number of carbonyl (C=O) groups is 1. The van der Waals surface area contributed by atoms with E-state index in [0.29, 0.717) is 43.1 Å². The zero-order valence-corrected chi connectivity index (χ0v) is 22.5. The Labute approximate surface area is 239 Å². The molecule has 3 aromatic carbocycles. The third kappa shape index (κ3) is 5.55. The number of likely N-dealkylation sites (tertiary alicyclic amines) is 1. The Morgan fingerprint density at radius 3 is 2.64 bits per heavy atom. The first kappa shape index (κ1) is 27.8. The smallest absolute Gasteiger partial charge is 0.335 e. The number of hydrogen-bond donors (Lipinski definition) is 1. The topological polar surface area (TPSA) is 101 Å². The lowest BCUT2D eigenvalue weighted by molar-refractivity contribution is -0.0591. The molecule has 2 aliphatic heterocycles. The van der Waals surface area contributed by atoms with Crippen LogP contribution in [-0.2, 0) is 24.4 Å². The SMILES string of the molecule is N#Cc1ccc(OCc2cc(C3CCN(Cc4nc5c(F)cc(C(=O)O)cc5n4C[C@@H]4CCO4)C3)ccc2F)c(F)c1. The van der Waals surface area contributed by atoms with Crippen molar-refractivity contribution in [1.29, 1.82) is 5.26 Å². The summed E-state index contributed by atoms with van der Waals surface area (Å²) in [5.74, 6) is -2.38. The van der Waals surface area contributed by atoms with Gasteiger partial charge in [0.15, 0.2) is 17.4 Å². The Balaban J connectivity index is 1.18. The molecular weight excluding hydrogens is 549 g/mol. The van der Waals surface area contributed by atoms with Gasteiger partial charge in [0.2, 0.25) is 0 Å². The quantitative estimate of drug-likeness (QED) is 0.286. The van der Waals surface area contributed by atoms with Gasteiger partial charge in [0.05, 0.1) is 41.9 Å². The van der Waals surface area contributed by atoms with Gasteiger partial charge in [0.1, 0.15) is 23.8 Å². The van der Waals surface area contributed by atoms with Crippen molar-refractivity contribution in [1.82, 2.24) is 14.5 Å². The second-order valence-corrected chi connectivity index (χ2v) is 10.7. The third-order valence-electron chi connectivity index (χ3n) is 7.94. The maximum Gasteiger partial charge on any atom is 0.335 e. The van der Waals surface area contributed by atoms with Crippen LogP contribution >= 0.6 is 0 Å². The predicted octanol–water partition coefficient (Wildman–Crippen LogP) is 5.38. The van der Waals surface area contributed by atoms with E-state index in [2.05, 4.69) is 9.88 Å². The molecule has 8 nitrogen and oxygen atoms in total. The summed E-state index contributed by atoms with van der Waals surface area (Å²) in [6.45, 7) is 2.75. The van der Waals surface area contributed by atoms with E-state index in [0.717, 1.165) is 37.1 Å². The monoisotopic (exact) mass is 576 g/mol. The maximum absolute atomic E-state index is 14.9. The highest BCUT2D eigenvalue weighted by atomic mass is 19.1. The van der Waals surface area contributed by atoms with Crippen LogP contribution in [0.15, 0.2) is 48.5 Å². The molecule has 0 aliphatic carbocycles. The minimum atomic E-state index is -1.21. The lowest BCUT2D eigenvalue weighted by atomic mass is 9.96. The standard InChI is InChI=1S/C31H27F3N4O4/c32-24-3-2-19(10-22(24)17-42-28-4-1-18(13-35)9-25(28)33)20-5-7-37(14-20)16-29-36-30-26(34)11-21(31(39)40)12-27(30)38(29)15-23-6-8-41-23/h1-4,9-12,20,23H,5-8,14-17H2,(H,39,40)/t20?,23-/m0/s1. The highest BCUT2D eigenvalue weighted by Gasteiger charge is 2.28. The molecule has 0 saturated carbocycles. The molecule has 0 radical (unpaired) electrons. The molecule has 0 spiro atoms. The van der Waals surface area contributed by atoms with Gasteiger partial charge in [-0.25, -0.2) is 22.9 Å². The van der Waals surface area contributed by atoms with Crippen LogP contribution in [0.1, 0.15) is 51.6 Å². The van der Waals surface area contributed by atoms with Crippen LogP contribution in [0.2, 0.25) is 0 Å². The lowest BCUT2D eigenvalue weighted by Gasteiger charge is -2.28. The second kappa shape index (κ2) is 11.5. The molecule has 2 saturated heterocycles. The van der Waals surface area contributed by atoms with Gasteiger partial charge in [-0.3, -0.25) is 4.90 Å². The largest absolute Gasteiger partial charge is 0.486 e. The van der Waals surface area contributed by atoms with Gasteiger partial charge in [0, 0.05) is 18.7 Å². The predicted molar refractivity (Wildman–Crippen MR) is 145 cm³/mol. The van der Waals surface area contributed by atoms with E-state index < -0.39 is 23.4 Å². The zero-order chi connectivity index (χ0) is 29.4. The molecule has 1 aromatic heterocycles. The maximum atomic E-state index is 14.9. The van der Waals surface area contributed by atoms with Crippen LogP contribution in [0.3, 0.4) is 0 Å². The molecule has 0 bridgehead atoms. The summed E-state index contributed by atoms with van der Waals surface area (Å²) in [7, 11) is 0. The second-order valence-electron chi connectivity index (χ2n) is 10.7. The summed E-state index contributed by atoms with van der Waals surface area (Å²) in [5, 5.41) is 18.4. The van der Waals surface area contributed by atoms with E-state index in [4.69, 9.17) is 14.7 Å². The van der Waals surface area contributed by atoms with Gasteiger partial charge in [-0.15, -0.1) is 0 Å². The van der Waals surface area contributed by atoms with Crippen LogP contribution in [0.25, 0.3) is 11.0 Å². The highest BCUT2D eigenvalue weighted by molar-refractivity contribution is 5.92. The third-order valence-corrected chi connectivity index (χ3v) is 7.94. The summed E-state index contributed by atoms with van der Waals surface area (Å²) < 4.78 is 56.7. The number of nitriles is 1. The van der Waals surface area contributed by atoms with Crippen LogP contribution in [0, 0.1) is 28.8 Å². The Morgan fingerprint density at radius 1 is 1.10 bits per heavy atom. The van der Waals surface area contributed by atoms with E-state index in [-0.39, 0.29) is 41.0 Å². The molecule has 2 aliphatic rings. The van der Waals surface area contributed by atoms with Gasteiger partial charge in [0.25, 0.3) is 0 Å². The number of nitrogens with zero attached hydrogens (tertiary/aromatic N) is 4.